The first-order chi connectivity index (χ1) is 17.2. The van der Waals surface area contributed by atoms with Crippen molar-refractivity contribution in [1.82, 2.24) is 0 Å². The number of benzene rings is 3. The van der Waals surface area contributed by atoms with E-state index in [2.05, 4.69) is 30.3 Å². The molecule has 0 radical (unpaired) electrons. The molecule has 0 amide bonds. The van der Waals surface area contributed by atoms with E-state index in [4.69, 9.17) is 27.5 Å². The normalized spacial score (nSPS) is 11.4. The van der Waals surface area contributed by atoms with Crippen LogP contribution in [-0.2, 0) is 0 Å². The summed E-state index contributed by atoms with van der Waals surface area (Å²) in [4.78, 5) is 0. The number of hydrogen-bond donors (Lipinski definition) is 1. The zero-order valence-corrected chi connectivity index (χ0v) is 19.4. The largest absolute Gasteiger partial charge is 0.468 e. The third-order valence-electron chi connectivity index (χ3n) is 6.16. The average Bonchev–Trinajstić information content (AvgIpc) is 3.67. The number of furan rings is 4. The number of aliphatic hydroxyl groups excluding tert-OH is 1. The molecule has 7 rings (SSSR count). The van der Waals surface area contributed by atoms with Crippen LogP contribution in [0.3, 0.4) is 0 Å². The Labute approximate surface area is 199 Å². The molecule has 3 aromatic carbocycles. The maximum Gasteiger partial charge on any atom is 0.284 e. The molecule has 6 heteroatoms. The topological polar surface area (TPSA) is 82.0 Å². The summed E-state index contributed by atoms with van der Waals surface area (Å²) in [6.45, 7) is 1.94. The van der Waals surface area contributed by atoms with Crippen LogP contribution >= 0.6 is 0 Å². The van der Waals surface area contributed by atoms with Gasteiger partial charge < -0.3 is 27.5 Å². The lowest BCUT2D eigenvalue weighted by Gasteiger charge is -1.97. The van der Waals surface area contributed by atoms with Crippen LogP contribution in [-0.4, -0.2) is 19.3 Å². The Balaban J connectivity index is 0.00000112. The summed E-state index contributed by atoms with van der Waals surface area (Å²) in [6.07, 6.45) is 0. The molecular weight excluding hydrogens is 444 g/mol. The Morgan fingerprint density at radius 3 is 1.54 bits per heavy atom. The summed E-state index contributed by atoms with van der Waals surface area (Å²) in [7, 11) is 2.59. The van der Waals surface area contributed by atoms with E-state index in [0.29, 0.717) is 5.95 Å². The van der Waals surface area contributed by atoms with Crippen LogP contribution in [0.4, 0.5) is 0 Å². The van der Waals surface area contributed by atoms with Gasteiger partial charge in [0.05, 0.1) is 7.11 Å². The van der Waals surface area contributed by atoms with E-state index in [1.54, 1.807) is 13.2 Å². The predicted octanol–water partition coefficient (Wildman–Crippen LogP) is 7.93. The minimum atomic E-state index is 0.479. The van der Waals surface area contributed by atoms with Crippen LogP contribution in [0.1, 0.15) is 5.76 Å². The van der Waals surface area contributed by atoms with E-state index < -0.39 is 0 Å². The van der Waals surface area contributed by atoms with Crippen molar-refractivity contribution in [2.24, 2.45) is 0 Å². The highest BCUT2D eigenvalue weighted by Gasteiger charge is 2.16. The van der Waals surface area contributed by atoms with E-state index in [1.807, 2.05) is 43.3 Å². The van der Waals surface area contributed by atoms with Crippen molar-refractivity contribution in [3.05, 3.63) is 78.6 Å². The highest BCUT2D eigenvalue weighted by Crippen LogP contribution is 2.39. The molecule has 0 bridgehead atoms. The quantitative estimate of drug-likeness (QED) is 0.285. The summed E-state index contributed by atoms with van der Waals surface area (Å²) in [6, 6.07) is 24.0. The van der Waals surface area contributed by atoms with Crippen LogP contribution < -0.4 is 4.74 Å². The van der Waals surface area contributed by atoms with Crippen LogP contribution in [0, 0.1) is 6.92 Å². The van der Waals surface area contributed by atoms with E-state index >= 15 is 0 Å². The summed E-state index contributed by atoms with van der Waals surface area (Å²) in [5.74, 6) is 2.93. The van der Waals surface area contributed by atoms with Gasteiger partial charge in [-0.25, -0.2) is 0 Å². The molecule has 4 aromatic heterocycles. The van der Waals surface area contributed by atoms with E-state index in [0.717, 1.165) is 79.4 Å². The Bertz CT molecular complexity index is 1820. The second kappa shape index (κ2) is 8.11. The summed E-state index contributed by atoms with van der Waals surface area (Å²) in [5, 5.41) is 11.1. The van der Waals surface area contributed by atoms with Crippen molar-refractivity contribution in [3.8, 4) is 28.6 Å². The summed E-state index contributed by atoms with van der Waals surface area (Å²) < 4.78 is 29.1. The lowest BCUT2D eigenvalue weighted by molar-refractivity contribution is 0.309. The number of ether oxygens (including phenoxy) is 1. The number of aliphatic hydroxyl groups is 1. The second-order valence-electron chi connectivity index (χ2n) is 8.20. The van der Waals surface area contributed by atoms with Crippen molar-refractivity contribution < 1.29 is 27.5 Å². The highest BCUT2D eigenvalue weighted by molar-refractivity contribution is 6.15. The van der Waals surface area contributed by atoms with Gasteiger partial charge in [-0.3, -0.25) is 0 Å². The number of fused-ring (bicyclic) bond motifs is 6. The van der Waals surface area contributed by atoms with Crippen molar-refractivity contribution in [1.29, 1.82) is 0 Å². The minimum Gasteiger partial charge on any atom is -0.468 e. The Morgan fingerprint density at radius 2 is 1.06 bits per heavy atom. The fourth-order valence-electron chi connectivity index (χ4n) is 4.53. The van der Waals surface area contributed by atoms with Crippen LogP contribution in [0.5, 0.6) is 5.95 Å². The predicted molar refractivity (Wildman–Crippen MR) is 136 cm³/mol. The fourth-order valence-corrected chi connectivity index (χ4v) is 4.53. The van der Waals surface area contributed by atoms with Gasteiger partial charge in [0.15, 0.2) is 0 Å². The lowest BCUT2D eigenvalue weighted by atomic mass is 10.1. The molecule has 174 valence electrons. The molecule has 35 heavy (non-hydrogen) atoms. The molecule has 0 aliphatic heterocycles. The highest BCUT2D eigenvalue weighted by atomic mass is 16.6. The SMILES string of the molecule is CO.COc1ccc(-c2ccc3c(c2)oc2cc4c(cc23)oc2cc(-c3ccc(C)o3)ccc24)o1. The molecular formula is C29H22O6. The zero-order chi connectivity index (χ0) is 24.1. The molecule has 0 atom stereocenters. The van der Waals surface area contributed by atoms with Gasteiger partial charge in [-0.2, -0.15) is 0 Å². The van der Waals surface area contributed by atoms with Gasteiger partial charge in [0.25, 0.3) is 5.95 Å². The fraction of sp³-hybridized carbons (Fsp3) is 0.103. The average molecular weight is 466 g/mol. The van der Waals surface area contributed by atoms with Crippen molar-refractivity contribution >= 4 is 43.9 Å². The van der Waals surface area contributed by atoms with E-state index in [1.165, 1.54) is 0 Å². The zero-order valence-electron chi connectivity index (χ0n) is 19.4. The molecule has 0 aliphatic carbocycles. The van der Waals surface area contributed by atoms with Gasteiger partial charge >= 0.3 is 0 Å². The maximum absolute atomic E-state index is 7.00. The van der Waals surface area contributed by atoms with Gasteiger partial charge in [-0.1, -0.05) is 12.1 Å². The number of rotatable bonds is 3. The lowest BCUT2D eigenvalue weighted by Crippen LogP contribution is -1.76. The van der Waals surface area contributed by atoms with Gasteiger partial charge in [0.1, 0.15) is 39.6 Å². The molecule has 0 saturated heterocycles. The standard InChI is InChI=1S/C28H18O5.CH4O/c1-15-3-8-22(30-15)16-4-6-18-20-13-27-21(14-26(20)31-24(18)11-16)19-7-5-17(12-25(19)32-27)23-9-10-28(29-2)33-23;1-2/h3-14H,1-2H3;2H,1H3. The first kappa shape index (κ1) is 21.1. The molecule has 7 aromatic rings. The molecule has 0 fully saturated rings. The van der Waals surface area contributed by atoms with Crippen LogP contribution in [0.15, 0.2) is 90.5 Å². The van der Waals surface area contributed by atoms with Gasteiger partial charge in [-0.05, 0) is 61.5 Å². The van der Waals surface area contributed by atoms with Gasteiger partial charge in [0, 0.05) is 45.8 Å². The molecule has 0 saturated carbocycles. The maximum atomic E-state index is 7.00. The molecule has 1 N–H and O–H groups in total. The van der Waals surface area contributed by atoms with E-state index in [-0.39, 0.29) is 0 Å². The van der Waals surface area contributed by atoms with Gasteiger partial charge in [-0.15, -0.1) is 0 Å². The van der Waals surface area contributed by atoms with E-state index in [9.17, 15) is 0 Å². The molecule has 0 aliphatic rings. The Hall–Kier alpha value is -4.42. The first-order valence-electron chi connectivity index (χ1n) is 11.1. The van der Waals surface area contributed by atoms with Crippen molar-refractivity contribution in [2.45, 2.75) is 6.92 Å². The smallest absolute Gasteiger partial charge is 0.284 e. The first-order valence-corrected chi connectivity index (χ1v) is 11.1. The second-order valence-corrected chi connectivity index (χ2v) is 8.20. The number of methoxy groups -OCH3 is 1. The molecule has 4 heterocycles. The summed E-state index contributed by atoms with van der Waals surface area (Å²) >= 11 is 0. The van der Waals surface area contributed by atoms with Crippen molar-refractivity contribution in [3.63, 3.8) is 0 Å². The third-order valence-corrected chi connectivity index (χ3v) is 6.16. The number of aryl methyl sites for hydroxylation is 1. The monoisotopic (exact) mass is 466 g/mol. The molecule has 0 spiro atoms. The Morgan fingerprint density at radius 1 is 0.543 bits per heavy atom. The van der Waals surface area contributed by atoms with Crippen LogP contribution in [0.2, 0.25) is 0 Å². The Kier molecular flexibility index (Phi) is 4.90. The summed E-state index contributed by atoms with van der Waals surface area (Å²) in [5.41, 5.74) is 5.19. The van der Waals surface area contributed by atoms with Crippen molar-refractivity contribution in [2.75, 3.05) is 14.2 Å². The number of hydrogen-bond acceptors (Lipinski definition) is 6. The van der Waals surface area contributed by atoms with Crippen LogP contribution in [0.25, 0.3) is 66.5 Å². The molecule has 0 unspecified atom stereocenters. The molecule has 6 nitrogen and oxygen atoms in total. The third kappa shape index (κ3) is 3.38. The minimum absolute atomic E-state index is 0.479. The van der Waals surface area contributed by atoms with Gasteiger partial charge in [0.2, 0.25) is 0 Å².